The second-order valence-corrected chi connectivity index (χ2v) is 10.9. The van der Waals surface area contributed by atoms with Crippen molar-refractivity contribution in [3.05, 3.63) is 84.1 Å². The number of fused-ring (bicyclic) bond motifs is 1. The number of carboxylic acid groups (broad SMARTS) is 1. The van der Waals surface area contributed by atoms with Crippen LogP contribution in [0.3, 0.4) is 0 Å². The second kappa shape index (κ2) is 11.0. The maximum Gasteiger partial charge on any atom is 0.323 e. The van der Waals surface area contributed by atoms with Gasteiger partial charge in [-0.2, -0.15) is 0 Å². The molecule has 0 amide bonds. The fourth-order valence-electron chi connectivity index (χ4n) is 4.01. The van der Waals surface area contributed by atoms with E-state index in [1.54, 1.807) is 47.4 Å². The molecule has 7 nitrogen and oxygen atoms in total. The third-order valence-electron chi connectivity index (χ3n) is 5.74. The lowest BCUT2D eigenvalue weighted by molar-refractivity contribution is -0.135. The highest BCUT2D eigenvalue weighted by atomic mass is 32.2. The van der Waals surface area contributed by atoms with E-state index in [9.17, 15) is 27.1 Å². The highest BCUT2D eigenvalue weighted by Gasteiger charge is 2.16. The summed E-state index contributed by atoms with van der Waals surface area (Å²) in [5.74, 6) is -2.42. The smallest absolute Gasteiger partial charge is 0.323 e. The van der Waals surface area contributed by atoms with Crippen molar-refractivity contribution in [2.75, 3.05) is 30.0 Å². The fourth-order valence-corrected chi connectivity index (χ4v) is 4.66. The van der Waals surface area contributed by atoms with E-state index in [0.717, 1.165) is 17.9 Å². The van der Waals surface area contributed by atoms with Crippen molar-refractivity contribution in [2.24, 2.45) is 0 Å². The molecule has 194 valence electrons. The number of hydrogen-bond acceptors (Lipinski definition) is 6. The highest BCUT2D eigenvalue weighted by Crippen LogP contribution is 2.33. The van der Waals surface area contributed by atoms with Crippen molar-refractivity contribution >= 4 is 32.5 Å². The number of furan rings is 1. The standard InChI is InChI=1S/C27H25F2NO6S/c1-37(33,34)13-3-11-30(16-25(31)32)20-5-2-4-18(14-20)17-36-21-8-6-19(7-9-21)23-15-24(28)26(29)22-10-12-35-27(22)23/h2,4-10,12,14-15H,3,11,13,16-17H2,1H3,(H,31,32). The lowest BCUT2D eigenvalue weighted by Crippen LogP contribution is -2.31. The first-order valence-corrected chi connectivity index (χ1v) is 13.5. The third-order valence-corrected chi connectivity index (χ3v) is 6.77. The summed E-state index contributed by atoms with van der Waals surface area (Å²) in [6.45, 7) is 0.214. The predicted molar refractivity (Wildman–Crippen MR) is 137 cm³/mol. The molecule has 1 heterocycles. The number of aliphatic carboxylic acids is 1. The van der Waals surface area contributed by atoms with Gasteiger partial charge in [-0.1, -0.05) is 24.3 Å². The molecule has 10 heteroatoms. The van der Waals surface area contributed by atoms with Crippen molar-refractivity contribution in [2.45, 2.75) is 13.0 Å². The van der Waals surface area contributed by atoms with E-state index >= 15 is 0 Å². The highest BCUT2D eigenvalue weighted by molar-refractivity contribution is 7.90. The first-order valence-electron chi connectivity index (χ1n) is 11.4. The Morgan fingerprint density at radius 2 is 1.84 bits per heavy atom. The molecule has 1 aromatic heterocycles. The van der Waals surface area contributed by atoms with Crippen molar-refractivity contribution in [1.29, 1.82) is 0 Å². The van der Waals surface area contributed by atoms with Gasteiger partial charge in [-0.25, -0.2) is 17.2 Å². The fraction of sp³-hybridized carbons (Fsp3) is 0.222. The van der Waals surface area contributed by atoms with Crippen LogP contribution in [-0.4, -0.2) is 44.6 Å². The van der Waals surface area contributed by atoms with Crippen LogP contribution >= 0.6 is 0 Å². The SMILES string of the molecule is CS(=O)(=O)CCCN(CC(=O)O)c1cccc(COc2ccc(-c3cc(F)c(F)c4ccoc34)cc2)c1. The number of carbonyl (C=O) groups is 1. The molecule has 0 aliphatic rings. The topological polar surface area (TPSA) is 97.1 Å². The summed E-state index contributed by atoms with van der Waals surface area (Å²) < 4.78 is 62.1. The molecule has 0 aliphatic heterocycles. The van der Waals surface area contributed by atoms with Crippen molar-refractivity contribution in [3.63, 3.8) is 0 Å². The van der Waals surface area contributed by atoms with E-state index in [-0.39, 0.29) is 36.4 Å². The van der Waals surface area contributed by atoms with Crippen LogP contribution in [0.2, 0.25) is 0 Å². The second-order valence-electron chi connectivity index (χ2n) is 8.67. The summed E-state index contributed by atoms with van der Waals surface area (Å²) in [5.41, 5.74) is 2.75. The molecule has 0 aliphatic carbocycles. The number of halogens is 2. The van der Waals surface area contributed by atoms with E-state index < -0.39 is 27.4 Å². The summed E-state index contributed by atoms with van der Waals surface area (Å²) in [7, 11) is -3.15. The maximum absolute atomic E-state index is 14.0. The molecule has 0 saturated heterocycles. The van der Waals surface area contributed by atoms with Gasteiger partial charge in [-0.05, 0) is 53.9 Å². The molecule has 0 unspecified atom stereocenters. The predicted octanol–water partition coefficient (Wildman–Crippen LogP) is 5.28. The zero-order chi connectivity index (χ0) is 26.6. The van der Waals surface area contributed by atoms with Gasteiger partial charge in [0.05, 0.1) is 17.4 Å². The van der Waals surface area contributed by atoms with Crippen LogP contribution in [-0.2, 0) is 21.2 Å². The van der Waals surface area contributed by atoms with Crippen molar-refractivity contribution in [3.8, 4) is 16.9 Å². The lowest BCUT2D eigenvalue weighted by Gasteiger charge is -2.23. The summed E-state index contributed by atoms with van der Waals surface area (Å²) in [4.78, 5) is 12.9. The molecular formula is C27H25F2NO6S. The van der Waals surface area contributed by atoms with Crippen LogP contribution in [0.25, 0.3) is 22.1 Å². The Hall–Kier alpha value is -3.92. The number of anilines is 1. The Kier molecular flexibility index (Phi) is 7.77. The third kappa shape index (κ3) is 6.65. The van der Waals surface area contributed by atoms with Gasteiger partial charge in [0.15, 0.2) is 11.6 Å². The normalized spacial score (nSPS) is 11.5. The van der Waals surface area contributed by atoms with Crippen LogP contribution in [0.15, 0.2) is 71.3 Å². The van der Waals surface area contributed by atoms with Crippen LogP contribution in [0.5, 0.6) is 5.75 Å². The molecule has 0 bridgehead atoms. The van der Waals surface area contributed by atoms with Crippen LogP contribution in [0, 0.1) is 11.6 Å². The zero-order valence-electron chi connectivity index (χ0n) is 20.0. The minimum absolute atomic E-state index is 0.0298. The Morgan fingerprint density at radius 1 is 1.08 bits per heavy atom. The van der Waals surface area contributed by atoms with Crippen LogP contribution in [0.1, 0.15) is 12.0 Å². The number of benzene rings is 3. The van der Waals surface area contributed by atoms with Crippen molar-refractivity contribution in [1.82, 2.24) is 0 Å². The van der Waals surface area contributed by atoms with E-state index in [4.69, 9.17) is 9.15 Å². The van der Waals surface area contributed by atoms with Crippen LogP contribution in [0.4, 0.5) is 14.5 Å². The van der Waals surface area contributed by atoms with Gasteiger partial charge >= 0.3 is 5.97 Å². The largest absolute Gasteiger partial charge is 0.489 e. The summed E-state index contributed by atoms with van der Waals surface area (Å²) in [5, 5.41) is 9.35. The number of rotatable bonds is 11. The Morgan fingerprint density at radius 3 is 2.54 bits per heavy atom. The average molecular weight is 530 g/mol. The zero-order valence-corrected chi connectivity index (χ0v) is 20.8. The summed E-state index contributed by atoms with van der Waals surface area (Å²) >= 11 is 0. The summed E-state index contributed by atoms with van der Waals surface area (Å²) in [6.07, 6.45) is 2.77. The molecular weight excluding hydrogens is 504 g/mol. The van der Waals surface area contributed by atoms with E-state index in [1.807, 2.05) is 6.07 Å². The number of hydrogen-bond donors (Lipinski definition) is 1. The first kappa shape index (κ1) is 26.2. The van der Waals surface area contributed by atoms with Gasteiger partial charge < -0.3 is 19.2 Å². The van der Waals surface area contributed by atoms with Gasteiger partial charge in [0.2, 0.25) is 0 Å². The molecule has 4 aromatic rings. The van der Waals surface area contributed by atoms with E-state index in [0.29, 0.717) is 29.0 Å². The quantitative estimate of drug-likeness (QED) is 0.282. The van der Waals surface area contributed by atoms with Crippen molar-refractivity contribution < 1.29 is 36.3 Å². The Bertz CT molecular complexity index is 1520. The molecule has 1 N–H and O–H groups in total. The lowest BCUT2D eigenvalue weighted by atomic mass is 10.0. The average Bonchev–Trinajstić information content (AvgIpc) is 3.34. The van der Waals surface area contributed by atoms with E-state index in [1.165, 1.54) is 12.3 Å². The minimum Gasteiger partial charge on any atom is -0.489 e. The van der Waals surface area contributed by atoms with E-state index in [2.05, 4.69) is 0 Å². The molecule has 0 fully saturated rings. The number of ether oxygens (including phenoxy) is 1. The molecule has 0 spiro atoms. The molecule has 4 rings (SSSR count). The van der Waals surface area contributed by atoms with Gasteiger partial charge in [0.1, 0.15) is 34.3 Å². The van der Waals surface area contributed by atoms with Gasteiger partial charge in [0.25, 0.3) is 0 Å². The minimum atomic E-state index is -3.15. The summed E-state index contributed by atoms with van der Waals surface area (Å²) in [6, 6.07) is 16.5. The molecule has 3 aromatic carbocycles. The molecule has 0 saturated carbocycles. The first-order chi connectivity index (χ1) is 17.6. The monoisotopic (exact) mass is 529 g/mol. The maximum atomic E-state index is 14.0. The van der Waals surface area contributed by atoms with Crippen LogP contribution < -0.4 is 9.64 Å². The Balaban J connectivity index is 1.45. The molecule has 37 heavy (non-hydrogen) atoms. The number of sulfone groups is 1. The number of carboxylic acids is 1. The number of nitrogens with zero attached hydrogens (tertiary/aromatic N) is 1. The molecule has 0 atom stereocenters. The van der Waals surface area contributed by atoms with Gasteiger partial charge in [0, 0.05) is 24.1 Å². The van der Waals surface area contributed by atoms with Gasteiger partial charge in [-0.15, -0.1) is 0 Å². The Labute approximate surface area is 212 Å². The molecule has 0 radical (unpaired) electrons. The van der Waals surface area contributed by atoms with Gasteiger partial charge in [-0.3, -0.25) is 4.79 Å².